The van der Waals surface area contributed by atoms with E-state index >= 15 is 0 Å². The Bertz CT molecular complexity index is 645. The molecule has 5 nitrogen and oxygen atoms in total. The Balaban J connectivity index is 3.35. The van der Waals surface area contributed by atoms with Gasteiger partial charge in [-0.1, -0.05) is 19.8 Å². The summed E-state index contributed by atoms with van der Waals surface area (Å²) in [6.45, 7) is 5.20. The predicted molar refractivity (Wildman–Crippen MR) is 74.0 cm³/mol. The zero-order valence-corrected chi connectivity index (χ0v) is 11.7. The molecule has 0 aromatic carbocycles. The molecule has 0 aliphatic rings. The van der Waals surface area contributed by atoms with E-state index in [1.54, 1.807) is 13.0 Å². The van der Waals surface area contributed by atoms with Gasteiger partial charge >= 0.3 is 5.97 Å². The van der Waals surface area contributed by atoms with Crippen molar-refractivity contribution in [3.63, 3.8) is 0 Å². The van der Waals surface area contributed by atoms with Gasteiger partial charge in [-0.15, -0.1) is 6.42 Å². The maximum Gasteiger partial charge on any atom is 0.329 e. The summed E-state index contributed by atoms with van der Waals surface area (Å²) in [4.78, 5) is 24.1. The second kappa shape index (κ2) is 6.58. The zero-order valence-electron chi connectivity index (χ0n) is 11.7. The van der Waals surface area contributed by atoms with Crippen LogP contribution in [-0.4, -0.2) is 17.1 Å². The van der Waals surface area contributed by atoms with Gasteiger partial charge in [-0.25, -0.2) is 4.79 Å². The Morgan fingerprint density at radius 3 is 2.60 bits per heavy atom. The van der Waals surface area contributed by atoms with Gasteiger partial charge in [0.2, 0.25) is 0 Å². The third-order valence-corrected chi connectivity index (χ3v) is 2.89. The van der Waals surface area contributed by atoms with Crippen LogP contribution in [0.15, 0.2) is 16.9 Å². The van der Waals surface area contributed by atoms with Gasteiger partial charge in [0.05, 0.1) is 0 Å². The molecule has 0 N–H and O–H groups in total. The molecule has 1 aromatic rings. The molecule has 0 aliphatic carbocycles. The van der Waals surface area contributed by atoms with E-state index in [1.807, 2.05) is 19.9 Å². The topological polar surface area (TPSA) is 72.1 Å². The number of pyridine rings is 1. The minimum atomic E-state index is -0.832. The molecule has 0 radical (unpaired) electrons. The molecule has 0 bridgehead atoms. The van der Waals surface area contributed by atoms with E-state index in [2.05, 4.69) is 5.92 Å². The number of ether oxygens (including phenoxy) is 1. The van der Waals surface area contributed by atoms with Gasteiger partial charge in [0.1, 0.15) is 17.7 Å². The molecular weight excluding hydrogens is 256 g/mol. The molecule has 20 heavy (non-hydrogen) atoms. The lowest BCUT2D eigenvalue weighted by Crippen LogP contribution is -2.33. The fraction of sp³-hybridized carbons (Fsp3) is 0.400. The summed E-state index contributed by atoms with van der Waals surface area (Å²) in [6.07, 6.45) is 5.03. The first kappa shape index (κ1) is 15.5. The number of nitriles is 1. The van der Waals surface area contributed by atoms with Crippen LogP contribution >= 0.6 is 0 Å². The van der Waals surface area contributed by atoms with E-state index in [9.17, 15) is 9.59 Å². The number of aromatic nitrogens is 1. The van der Waals surface area contributed by atoms with Crippen molar-refractivity contribution in [3.8, 4) is 18.4 Å². The van der Waals surface area contributed by atoms with E-state index < -0.39 is 17.6 Å². The average Bonchev–Trinajstić information content (AvgIpc) is 2.43. The van der Waals surface area contributed by atoms with Crippen molar-refractivity contribution >= 4 is 5.97 Å². The van der Waals surface area contributed by atoms with Crippen LogP contribution in [0.3, 0.4) is 0 Å². The van der Waals surface area contributed by atoms with E-state index in [-0.39, 0.29) is 18.1 Å². The van der Waals surface area contributed by atoms with Crippen molar-refractivity contribution in [1.82, 2.24) is 4.57 Å². The standard InChI is InChI=1S/C15H16N2O3/c1-5-8-20-15(19)11(4)17-13(10(2)3)7-6-12(9-16)14(17)18/h1,6-7,10-11H,8H2,2-4H3. The highest BCUT2D eigenvalue weighted by Gasteiger charge is 2.22. The number of carbonyl (C=O) groups excluding carboxylic acids is 1. The molecule has 0 fully saturated rings. The number of hydrogen-bond donors (Lipinski definition) is 0. The van der Waals surface area contributed by atoms with Crippen LogP contribution in [-0.2, 0) is 9.53 Å². The maximum atomic E-state index is 12.2. The van der Waals surface area contributed by atoms with Crippen LogP contribution in [0.4, 0.5) is 0 Å². The molecule has 1 heterocycles. The highest BCUT2D eigenvalue weighted by Crippen LogP contribution is 2.18. The van der Waals surface area contributed by atoms with E-state index in [0.29, 0.717) is 5.69 Å². The van der Waals surface area contributed by atoms with Crippen LogP contribution in [0, 0.1) is 23.7 Å². The highest BCUT2D eigenvalue weighted by atomic mass is 16.5. The maximum absolute atomic E-state index is 12.2. The largest absolute Gasteiger partial charge is 0.451 e. The highest BCUT2D eigenvalue weighted by molar-refractivity contribution is 5.74. The van der Waals surface area contributed by atoms with Gasteiger partial charge < -0.3 is 4.74 Å². The summed E-state index contributed by atoms with van der Waals surface area (Å²) in [5.74, 6) is 1.63. The van der Waals surface area contributed by atoms with Crippen molar-refractivity contribution in [1.29, 1.82) is 5.26 Å². The van der Waals surface area contributed by atoms with Gasteiger partial charge in [0, 0.05) is 5.69 Å². The van der Waals surface area contributed by atoms with Gasteiger partial charge in [-0.05, 0) is 25.0 Å². The molecule has 0 aliphatic heterocycles. The second-order valence-corrected chi connectivity index (χ2v) is 4.60. The van der Waals surface area contributed by atoms with Crippen molar-refractivity contribution in [2.45, 2.75) is 32.7 Å². The Hall–Kier alpha value is -2.53. The minimum absolute atomic E-state index is 0.00833. The minimum Gasteiger partial charge on any atom is -0.451 e. The quantitative estimate of drug-likeness (QED) is 0.616. The van der Waals surface area contributed by atoms with Gasteiger partial charge in [-0.3, -0.25) is 9.36 Å². The molecule has 1 unspecified atom stereocenters. The molecule has 5 heteroatoms. The SMILES string of the molecule is C#CCOC(=O)C(C)n1c(C(C)C)ccc(C#N)c1=O. The fourth-order valence-corrected chi connectivity index (χ4v) is 1.86. The van der Waals surface area contributed by atoms with Crippen LogP contribution in [0.2, 0.25) is 0 Å². The van der Waals surface area contributed by atoms with E-state index in [1.165, 1.54) is 10.6 Å². The molecule has 0 spiro atoms. The summed E-state index contributed by atoms with van der Waals surface area (Å²) >= 11 is 0. The first-order chi connectivity index (χ1) is 9.43. The van der Waals surface area contributed by atoms with Crippen molar-refractivity contribution < 1.29 is 9.53 Å². The van der Waals surface area contributed by atoms with E-state index in [4.69, 9.17) is 16.4 Å². The number of hydrogen-bond acceptors (Lipinski definition) is 4. The summed E-state index contributed by atoms with van der Waals surface area (Å²) in [6, 6.07) is 4.13. The lowest BCUT2D eigenvalue weighted by Gasteiger charge is -2.20. The van der Waals surface area contributed by atoms with Gasteiger partial charge in [0.25, 0.3) is 5.56 Å². The van der Waals surface area contributed by atoms with Gasteiger partial charge in [-0.2, -0.15) is 5.26 Å². The number of rotatable bonds is 4. The fourth-order valence-electron chi connectivity index (χ4n) is 1.86. The Labute approximate surface area is 117 Å². The number of nitrogens with zero attached hydrogens (tertiary/aromatic N) is 2. The summed E-state index contributed by atoms with van der Waals surface area (Å²) in [5, 5.41) is 8.93. The molecule has 1 rings (SSSR count). The summed E-state index contributed by atoms with van der Waals surface area (Å²) in [7, 11) is 0. The average molecular weight is 272 g/mol. The van der Waals surface area contributed by atoms with Crippen LogP contribution in [0.1, 0.15) is 44.0 Å². The Kier molecular flexibility index (Phi) is 5.11. The van der Waals surface area contributed by atoms with Crippen LogP contribution in [0.25, 0.3) is 0 Å². The molecule has 104 valence electrons. The lowest BCUT2D eigenvalue weighted by molar-refractivity contribution is -0.145. The van der Waals surface area contributed by atoms with Crippen LogP contribution < -0.4 is 5.56 Å². The third kappa shape index (κ3) is 3.07. The third-order valence-electron chi connectivity index (χ3n) is 2.89. The lowest BCUT2D eigenvalue weighted by atomic mass is 10.1. The smallest absolute Gasteiger partial charge is 0.329 e. The molecular formula is C15H16N2O3. The molecule has 1 atom stereocenters. The van der Waals surface area contributed by atoms with E-state index in [0.717, 1.165) is 0 Å². The predicted octanol–water partition coefficient (Wildman–Crippen LogP) is 1.58. The van der Waals surface area contributed by atoms with Crippen LogP contribution in [0.5, 0.6) is 0 Å². The van der Waals surface area contributed by atoms with Crippen molar-refractivity contribution in [2.24, 2.45) is 0 Å². The molecule has 1 aromatic heterocycles. The monoisotopic (exact) mass is 272 g/mol. The Morgan fingerprint density at radius 2 is 2.10 bits per heavy atom. The van der Waals surface area contributed by atoms with Crippen molar-refractivity contribution in [3.05, 3.63) is 33.7 Å². The Morgan fingerprint density at radius 1 is 1.45 bits per heavy atom. The zero-order chi connectivity index (χ0) is 15.3. The first-order valence-electron chi connectivity index (χ1n) is 6.19. The molecule has 0 saturated carbocycles. The van der Waals surface area contributed by atoms with Gasteiger partial charge in [0.15, 0.2) is 6.61 Å². The first-order valence-corrected chi connectivity index (χ1v) is 6.19. The van der Waals surface area contributed by atoms with Crippen molar-refractivity contribution in [2.75, 3.05) is 6.61 Å². The second-order valence-electron chi connectivity index (χ2n) is 4.60. The molecule has 0 saturated heterocycles. The summed E-state index contributed by atoms with van der Waals surface area (Å²) < 4.78 is 6.15. The summed E-state index contributed by atoms with van der Waals surface area (Å²) in [5.41, 5.74) is 0.161. The normalized spacial score (nSPS) is 11.5. The number of terminal acetylenes is 1. The number of esters is 1. The number of carbonyl (C=O) groups is 1. The molecule has 0 amide bonds.